The fourth-order valence-electron chi connectivity index (χ4n) is 3.75. The minimum absolute atomic E-state index is 0.339. The molecule has 0 aromatic heterocycles. The molecular weight excluding hydrogens is 336 g/mol. The number of carboxylic acids is 1. The summed E-state index contributed by atoms with van der Waals surface area (Å²) >= 11 is 0. The van der Waals surface area contributed by atoms with Gasteiger partial charge in [-0.3, -0.25) is 4.79 Å². The van der Waals surface area contributed by atoms with Crippen molar-refractivity contribution < 1.29 is 15.0 Å². The van der Waals surface area contributed by atoms with E-state index in [-0.39, 0.29) is 0 Å². The van der Waals surface area contributed by atoms with Crippen molar-refractivity contribution in [2.45, 2.75) is 141 Å². The van der Waals surface area contributed by atoms with Gasteiger partial charge in [-0.15, -0.1) is 0 Å². The number of aliphatic carboxylic acids is 1. The lowest BCUT2D eigenvalue weighted by Crippen LogP contribution is -1.93. The molecule has 0 unspecified atom stereocenters. The van der Waals surface area contributed by atoms with E-state index in [0.29, 0.717) is 13.0 Å². The molecule has 0 heterocycles. The van der Waals surface area contributed by atoms with Gasteiger partial charge in [-0.25, -0.2) is 0 Å². The first-order chi connectivity index (χ1) is 13.3. The van der Waals surface area contributed by atoms with Gasteiger partial charge in [-0.05, 0) is 12.8 Å². The van der Waals surface area contributed by atoms with E-state index in [2.05, 4.69) is 0 Å². The third-order valence-corrected chi connectivity index (χ3v) is 5.55. The molecule has 0 aliphatic heterocycles. The highest BCUT2D eigenvalue weighted by atomic mass is 16.4. The van der Waals surface area contributed by atoms with Crippen molar-refractivity contribution in [3.8, 4) is 0 Å². The number of hydrogen-bond donors (Lipinski definition) is 2. The molecule has 3 heteroatoms. The second-order valence-electron chi connectivity index (χ2n) is 8.29. The summed E-state index contributed by atoms with van der Waals surface area (Å²) in [5, 5.41) is 17.3. The molecular formula is C24H48O3. The molecule has 0 amide bonds. The molecule has 0 fully saturated rings. The van der Waals surface area contributed by atoms with Gasteiger partial charge in [-0.2, -0.15) is 0 Å². The Hall–Kier alpha value is -0.570. The molecule has 0 spiro atoms. The lowest BCUT2D eigenvalue weighted by atomic mass is 10.0. The van der Waals surface area contributed by atoms with E-state index in [1.165, 1.54) is 116 Å². The van der Waals surface area contributed by atoms with Crippen LogP contribution in [-0.4, -0.2) is 22.8 Å². The van der Waals surface area contributed by atoms with Crippen molar-refractivity contribution in [2.75, 3.05) is 6.61 Å². The van der Waals surface area contributed by atoms with Crippen molar-refractivity contribution >= 4 is 5.97 Å². The fourth-order valence-corrected chi connectivity index (χ4v) is 3.75. The van der Waals surface area contributed by atoms with Crippen LogP contribution in [0.1, 0.15) is 141 Å². The highest BCUT2D eigenvalue weighted by Crippen LogP contribution is 2.15. The molecule has 0 rings (SSSR count). The molecule has 27 heavy (non-hydrogen) atoms. The zero-order valence-electron chi connectivity index (χ0n) is 18.1. The average molecular weight is 385 g/mol. The van der Waals surface area contributed by atoms with Crippen LogP contribution in [0.3, 0.4) is 0 Å². The van der Waals surface area contributed by atoms with Crippen LogP contribution in [-0.2, 0) is 4.79 Å². The van der Waals surface area contributed by atoms with Crippen molar-refractivity contribution in [3.63, 3.8) is 0 Å². The monoisotopic (exact) mass is 384 g/mol. The fraction of sp³-hybridized carbons (Fsp3) is 0.958. The van der Waals surface area contributed by atoms with Crippen LogP contribution < -0.4 is 0 Å². The normalized spacial score (nSPS) is 11.1. The Kier molecular flexibility index (Phi) is 23.0. The lowest BCUT2D eigenvalue weighted by Gasteiger charge is -2.04. The molecule has 0 bridgehead atoms. The van der Waals surface area contributed by atoms with Gasteiger partial charge < -0.3 is 10.2 Å². The number of aliphatic hydroxyl groups excluding tert-OH is 1. The zero-order valence-corrected chi connectivity index (χ0v) is 18.1. The predicted molar refractivity (Wildman–Crippen MR) is 116 cm³/mol. The third kappa shape index (κ3) is 25.4. The minimum Gasteiger partial charge on any atom is -0.481 e. The first-order valence-corrected chi connectivity index (χ1v) is 12.1. The molecule has 0 atom stereocenters. The zero-order chi connectivity index (χ0) is 19.8. The van der Waals surface area contributed by atoms with Gasteiger partial charge in [0.25, 0.3) is 0 Å². The first kappa shape index (κ1) is 26.4. The van der Waals surface area contributed by atoms with Gasteiger partial charge in [0.1, 0.15) is 0 Å². The lowest BCUT2D eigenvalue weighted by molar-refractivity contribution is -0.137. The number of rotatable bonds is 23. The topological polar surface area (TPSA) is 57.5 Å². The number of unbranched alkanes of at least 4 members (excludes halogenated alkanes) is 20. The second kappa shape index (κ2) is 23.5. The summed E-state index contributed by atoms with van der Waals surface area (Å²) in [5.41, 5.74) is 0. The molecule has 3 nitrogen and oxygen atoms in total. The van der Waals surface area contributed by atoms with Crippen LogP contribution in [0.2, 0.25) is 0 Å². The molecule has 0 radical (unpaired) electrons. The van der Waals surface area contributed by atoms with Gasteiger partial charge in [0.05, 0.1) is 0 Å². The van der Waals surface area contributed by atoms with E-state index >= 15 is 0 Å². The van der Waals surface area contributed by atoms with Crippen LogP contribution in [0.15, 0.2) is 0 Å². The van der Waals surface area contributed by atoms with Gasteiger partial charge in [0.2, 0.25) is 0 Å². The summed E-state index contributed by atoms with van der Waals surface area (Å²) < 4.78 is 0. The van der Waals surface area contributed by atoms with Crippen LogP contribution >= 0.6 is 0 Å². The molecule has 0 saturated carbocycles. The van der Waals surface area contributed by atoms with Gasteiger partial charge in [0.15, 0.2) is 0 Å². The Morgan fingerprint density at radius 1 is 0.407 bits per heavy atom. The summed E-state index contributed by atoms with van der Waals surface area (Å²) in [7, 11) is 0. The third-order valence-electron chi connectivity index (χ3n) is 5.55. The maximum Gasteiger partial charge on any atom is 0.303 e. The smallest absolute Gasteiger partial charge is 0.303 e. The SMILES string of the molecule is O=C(O)CCCCCCCCCCCCCCCCCCCCCCCO. The summed E-state index contributed by atoms with van der Waals surface area (Å²) in [6.07, 6.45) is 27.8. The largest absolute Gasteiger partial charge is 0.481 e. The van der Waals surface area contributed by atoms with Crippen LogP contribution in [0, 0.1) is 0 Å². The predicted octanol–water partition coefficient (Wildman–Crippen LogP) is 7.65. The maximum atomic E-state index is 10.4. The number of hydrogen-bond acceptors (Lipinski definition) is 2. The summed E-state index contributed by atoms with van der Waals surface area (Å²) in [6.45, 7) is 0.359. The van der Waals surface area contributed by atoms with Crippen molar-refractivity contribution in [3.05, 3.63) is 0 Å². The Labute approximate surface area is 169 Å². The summed E-state index contributed by atoms with van der Waals surface area (Å²) in [4.78, 5) is 10.4. The Bertz CT molecular complexity index is 291. The van der Waals surface area contributed by atoms with Crippen molar-refractivity contribution in [1.82, 2.24) is 0 Å². The molecule has 0 saturated heterocycles. The number of carbonyl (C=O) groups is 1. The van der Waals surface area contributed by atoms with E-state index in [4.69, 9.17) is 10.2 Å². The molecule has 0 aromatic carbocycles. The molecule has 162 valence electrons. The van der Waals surface area contributed by atoms with E-state index in [9.17, 15) is 4.79 Å². The number of aliphatic hydroxyl groups is 1. The van der Waals surface area contributed by atoms with Gasteiger partial charge >= 0.3 is 5.97 Å². The second-order valence-corrected chi connectivity index (χ2v) is 8.29. The van der Waals surface area contributed by atoms with Gasteiger partial charge in [-0.1, -0.05) is 122 Å². The van der Waals surface area contributed by atoms with E-state index in [0.717, 1.165) is 19.3 Å². The number of carboxylic acid groups (broad SMARTS) is 1. The van der Waals surface area contributed by atoms with E-state index in [1.807, 2.05) is 0 Å². The van der Waals surface area contributed by atoms with Crippen LogP contribution in [0.4, 0.5) is 0 Å². The minimum atomic E-state index is -0.656. The molecule has 0 aliphatic carbocycles. The summed E-state index contributed by atoms with van der Waals surface area (Å²) in [5.74, 6) is -0.656. The average Bonchev–Trinajstić information content (AvgIpc) is 2.65. The molecule has 0 aromatic rings. The maximum absolute atomic E-state index is 10.4. The van der Waals surface area contributed by atoms with Crippen molar-refractivity contribution in [2.24, 2.45) is 0 Å². The Morgan fingerprint density at radius 3 is 0.852 bits per heavy atom. The highest BCUT2D eigenvalue weighted by Gasteiger charge is 1.97. The van der Waals surface area contributed by atoms with E-state index < -0.39 is 5.97 Å². The van der Waals surface area contributed by atoms with Gasteiger partial charge in [0, 0.05) is 13.0 Å². The standard InChI is InChI=1S/C24H48O3/c25-23-21-19-17-15-13-11-9-7-5-3-1-2-4-6-8-10-12-14-16-18-20-22-24(26)27/h25H,1-23H2,(H,26,27). The summed E-state index contributed by atoms with van der Waals surface area (Å²) in [6, 6.07) is 0. The van der Waals surface area contributed by atoms with Crippen LogP contribution in [0.5, 0.6) is 0 Å². The van der Waals surface area contributed by atoms with Crippen LogP contribution in [0.25, 0.3) is 0 Å². The van der Waals surface area contributed by atoms with E-state index in [1.54, 1.807) is 0 Å². The Balaban J connectivity index is 2.98. The quantitative estimate of drug-likeness (QED) is 0.178. The molecule has 2 N–H and O–H groups in total. The molecule has 0 aliphatic rings. The Morgan fingerprint density at radius 2 is 0.630 bits per heavy atom. The van der Waals surface area contributed by atoms with Crippen molar-refractivity contribution in [1.29, 1.82) is 0 Å². The first-order valence-electron chi connectivity index (χ1n) is 12.1. The highest BCUT2D eigenvalue weighted by molar-refractivity contribution is 5.66.